The molecule has 0 radical (unpaired) electrons. The maximum atomic E-state index is 11.4. The highest BCUT2D eigenvalue weighted by Gasteiger charge is 2.27. The minimum Gasteiger partial charge on any atom is -0.314 e. The van der Waals surface area contributed by atoms with Crippen LogP contribution in [0, 0.1) is 0 Å². The predicted octanol–water partition coefficient (Wildman–Crippen LogP) is -1.26. The monoisotopic (exact) mass is 298 g/mol. The zero-order valence-electron chi connectivity index (χ0n) is 10.9. The van der Waals surface area contributed by atoms with E-state index in [1.54, 1.807) is 0 Å². The molecule has 0 aromatic rings. The second kappa shape index (κ2) is 6.31. The topological polar surface area (TPSA) is 83.6 Å². The summed E-state index contributed by atoms with van der Waals surface area (Å²) in [5, 5.41) is 3.06. The van der Waals surface area contributed by atoms with Gasteiger partial charge in [-0.3, -0.25) is 4.90 Å². The molecule has 0 bridgehead atoms. The van der Waals surface area contributed by atoms with Gasteiger partial charge in [0.15, 0.2) is 9.84 Å². The molecule has 1 atom stereocenters. The first-order valence-electron chi connectivity index (χ1n) is 6.02. The van der Waals surface area contributed by atoms with E-state index in [1.807, 2.05) is 6.92 Å². The van der Waals surface area contributed by atoms with Crippen molar-refractivity contribution in [2.45, 2.75) is 13.0 Å². The lowest BCUT2D eigenvalue weighted by Gasteiger charge is -2.33. The molecule has 18 heavy (non-hydrogen) atoms. The van der Waals surface area contributed by atoms with Crippen molar-refractivity contribution in [2.24, 2.45) is 0 Å². The van der Waals surface area contributed by atoms with Gasteiger partial charge in [0, 0.05) is 38.5 Å². The van der Waals surface area contributed by atoms with Crippen LogP contribution in [0.25, 0.3) is 0 Å². The summed E-state index contributed by atoms with van der Waals surface area (Å²) in [4.78, 5) is 2.12. The number of nitrogens with one attached hydrogen (secondary N) is 1. The van der Waals surface area contributed by atoms with Gasteiger partial charge >= 0.3 is 0 Å². The van der Waals surface area contributed by atoms with E-state index in [0.29, 0.717) is 19.6 Å². The first-order valence-corrected chi connectivity index (χ1v) is 9.91. The number of rotatable bonds is 6. The number of hydrogen-bond donors (Lipinski definition) is 1. The van der Waals surface area contributed by atoms with E-state index in [2.05, 4.69) is 10.2 Å². The van der Waals surface area contributed by atoms with Crippen molar-refractivity contribution >= 4 is 19.7 Å². The second-order valence-corrected chi connectivity index (χ2v) is 9.37. The molecule has 1 heterocycles. The fourth-order valence-electron chi connectivity index (χ4n) is 1.97. The van der Waals surface area contributed by atoms with Crippen LogP contribution >= 0.6 is 0 Å². The molecule has 1 N–H and O–H groups in total. The van der Waals surface area contributed by atoms with Crippen LogP contribution in [-0.4, -0.2) is 77.5 Å². The molecular formula is C10H22N2O4S2. The van der Waals surface area contributed by atoms with E-state index < -0.39 is 19.7 Å². The third-order valence-corrected chi connectivity index (χ3v) is 5.77. The molecule has 8 heteroatoms. The quantitative estimate of drug-likeness (QED) is 0.616. The smallest absolute Gasteiger partial charge is 0.153 e. The zero-order valence-corrected chi connectivity index (χ0v) is 12.6. The van der Waals surface area contributed by atoms with E-state index >= 15 is 0 Å². The molecule has 0 spiro atoms. The van der Waals surface area contributed by atoms with Crippen LogP contribution in [0.4, 0.5) is 0 Å². The molecule has 1 unspecified atom stereocenters. The zero-order chi connectivity index (χ0) is 13.8. The van der Waals surface area contributed by atoms with E-state index in [1.165, 1.54) is 6.26 Å². The summed E-state index contributed by atoms with van der Waals surface area (Å²) < 4.78 is 44.6. The van der Waals surface area contributed by atoms with Gasteiger partial charge in [-0.05, 0) is 6.92 Å². The van der Waals surface area contributed by atoms with Crippen molar-refractivity contribution < 1.29 is 16.8 Å². The van der Waals surface area contributed by atoms with Crippen molar-refractivity contribution in [3.05, 3.63) is 0 Å². The Bertz CT molecular complexity index is 458. The van der Waals surface area contributed by atoms with Crippen molar-refractivity contribution in [3.8, 4) is 0 Å². The SMILES string of the molecule is CC1CS(=O)(=O)CCN1CCNCCS(C)(=O)=O. The van der Waals surface area contributed by atoms with Crippen LogP contribution in [-0.2, 0) is 19.7 Å². The van der Waals surface area contributed by atoms with E-state index in [0.717, 1.165) is 6.54 Å². The summed E-state index contributed by atoms with van der Waals surface area (Å²) in [5.41, 5.74) is 0. The van der Waals surface area contributed by atoms with Crippen molar-refractivity contribution in [1.29, 1.82) is 0 Å². The fourth-order valence-corrected chi connectivity index (χ4v) is 4.11. The van der Waals surface area contributed by atoms with Gasteiger partial charge in [-0.1, -0.05) is 0 Å². The van der Waals surface area contributed by atoms with Gasteiger partial charge < -0.3 is 5.32 Å². The lowest BCUT2D eigenvalue weighted by molar-refractivity contribution is 0.227. The highest BCUT2D eigenvalue weighted by atomic mass is 32.2. The Labute approximate surface area is 110 Å². The number of nitrogens with zero attached hydrogens (tertiary/aromatic N) is 1. The Morgan fingerprint density at radius 1 is 1.33 bits per heavy atom. The normalized spacial score (nSPS) is 25.1. The van der Waals surface area contributed by atoms with Crippen molar-refractivity contribution in [2.75, 3.05) is 49.7 Å². The molecule has 1 rings (SSSR count). The molecule has 0 aromatic carbocycles. The Balaban J connectivity index is 2.21. The Kier molecular flexibility index (Phi) is 5.57. The minimum absolute atomic E-state index is 0.0421. The lowest BCUT2D eigenvalue weighted by Crippen LogP contribution is -2.49. The van der Waals surface area contributed by atoms with Gasteiger partial charge in [0.2, 0.25) is 0 Å². The lowest BCUT2D eigenvalue weighted by atomic mass is 10.3. The second-order valence-electron chi connectivity index (χ2n) is 4.88. The van der Waals surface area contributed by atoms with Crippen molar-refractivity contribution in [3.63, 3.8) is 0 Å². The maximum absolute atomic E-state index is 11.4. The molecule has 1 aliphatic heterocycles. The van der Waals surface area contributed by atoms with Gasteiger partial charge in [0.1, 0.15) is 9.84 Å². The van der Waals surface area contributed by atoms with Gasteiger partial charge in [0.05, 0.1) is 17.3 Å². The van der Waals surface area contributed by atoms with Crippen LogP contribution in [0.15, 0.2) is 0 Å². The highest BCUT2D eigenvalue weighted by Crippen LogP contribution is 2.10. The van der Waals surface area contributed by atoms with E-state index in [4.69, 9.17) is 0 Å². The summed E-state index contributed by atoms with van der Waals surface area (Å²) in [5.74, 6) is 0.577. The van der Waals surface area contributed by atoms with Crippen molar-refractivity contribution in [1.82, 2.24) is 10.2 Å². The molecule has 1 saturated heterocycles. The molecular weight excluding hydrogens is 276 g/mol. The van der Waals surface area contributed by atoms with Gasteiger partial charge in [0.25, 0.3) is 0 Å². The molecule has 0 aliphatic carbocycles. The average Bonchev–Trinajstić information content (AvgIpc) is 2.18. The number of hydrogen-bond acceptors (Lipinski definition) is 6. The Morgan fingerprint density at radius 2 is 2.00 bits per heavy atom. The van der Waals surface area contributed by atoms with Crippen LogP contribution < -0.4 is 5.32 Å². The fraction of sp³-hybridized carbons (Fsp3) is 1.00. The summed E-state index contributed by atoms with van der Waals surface area (Å²) >= 11 is 0. The molecule has 0 aromatic heterocycles. The van der Waals surface area contributed by atoms with Crippen LogP contribution in [0.3, 0.4) is 0 Å². The summed E-state index contributed by atoms with van der Waals surface area (Å²) in [6, 6.07) is 0.0421. The standard InChI is InChI=1S/C10H22N2O4S2/c1-10-9-18(15,16)8-6-12(10)5-3-11-4-7-17(2,13)14/h10-11H,3-9H2,1-2H3. The van der Waals surface area contributed by atoms with Crippen LogP contribution in [0.1, 0.15) is 6.92 Å². The van der Waals surface area contributed by atoms with E-state index in [9.17, 15) is 16.8 Å². The number of sulfone groups is 2. The third-order valence-electron chi connectivity index (χ3n) is 3.03. The van der Waals surface area contributed by atoms with Gasteiger partial charge in [-0.15, -0.1) is 0 Å². The summed E-state index contributed by atoms with van der Waals surface area (Å²) in [6.07, 6.45) is 1.21. The first-order chi connectivity index (χ1) is 8.20. The predicted molar refractivity (Wildman–Crippen MR) is 72.3 cm³/mol. The van der Waals surface area contributed by atoms with E-state index in [-0.39, 0.29) is 23.3 Å². The highest BCUT2D eigenvalue weighted by molar-refractivity contribution is 7.91. The molecule has 1 aliphatic rings. The van der Waals surface area contributed by atoms with Gasteiger partial charge in [-0.25, -0.2) is 16.8 Å². The van der Waals surface area contributed by atoms with Crippen LogP contribution in [0.2, 0.25) is 0 Å². The molecule has 1 fully saturated rings. The van der Waals surface area contributed by atoms with Gasteiger partial charge in [-0.2, -0.15) is 0 Å². The Morgan fingerprint density at radius 3 is 2.56 bits per heavy atom. The third kappa shape index (κ3) is 6.12. The Hall–Kier alpha value is -0.180. The molecule has 0 amide bonds. The largest absolute Gasteiger partial charge is 0.314 e. The maximum Gasteiger partial charge on any atom is 0.153 e. The summed E-state index contributed by atoms with van der Waals surface area (Å²) in [7, 11) is -5.77. The van der Waals surface area contributed by atoms with Crippen LogP contribution in [0.5, 0.6) is 0 Å². The molecule has 0 saturated carbocycles. The summed E-state index contributed by atoms with van der Waals surface area (Å²) in [6.45, 7) is 4.35. The first kappa shape index (κ1) is 15.9. The minimum atomic E-state index is -2.91. The molecule has 6 nitrogen and oxygen atoms in total. The molecule has 108 valence electrons. The average molecular weight is 298 g/mol.